The molecule has 1 saturated heterocycles. The smallest absolute Gasteiger partial charge is 0.264 e. The fourth-order valence-electron chi connectivity index (χ4n) is 1.87. The Hall–Kier alpha value is -0.870. The van der Waals surface area contributed by atoms with Gasteiger partial charge in [0.05, 0.1) is 4.88 Å². The highest BCUT2D eigenvalue weighted by atomic mass is 32.1. The van der Waals surface area contributed by atoms with Gasteiger partial charge in [-0.05, 0) is 22.4 Å². The van der Waals surface area contributed by atoms with Crippen molar-refractivity contribution in [2.45, 2.75) is 26.2 Å². The molecule has 3 nitrogen and oxygen atoms in total. The minimum Gasteiger partial charge on any atom is -0.335 e. The zero-order valence-electron chi connectivity index (χ0n) is 10.7. The lowest BCUT2D eigenvalue weighted by Gasteiger charge is -2.26. The largest absolute Gasteiger partial charge is 0.335 e. The molecule has 2 rings (SSSR count). The van der Waals surface area contributed by atoms with Gasteiger partial charge in [0.25, 0.3) is 5.91 Å². The third kappa shape index (κ3) is 2.87. The number of piperazine rings is 1. The molecule has 0 aromatic carbocycles. The van der Waals surface area contributed by atoms with Crippen LogP contribution in [0, 0.1) is 0 Å². The standard InChI is InChI=1S/C13H20N2OS/c1-13(2,3)10-8-11(17-9-10)12(16)15-6-4-14-5-7-15/h8-9,14H,4-7H2,1-3H3. The van der Waals surface area contributed by atoms with Crippen LogP contribution in [0.1, 0.15) is 36.0 Å². The second-order valence-electron chi connectivity index (χ2n) is 5.49. The summed E-state index contributed by atoms with van der Waals surface area (Å²) < 4.78 is 0. The summed E-state index contributed by atoms with van der Waals surface area (Å²) in [5.41, 5.74) is 1.37. The molecule has 1 fully saturated rings. The molecule has 0 saturated carbocycles. The van der Waals surface area contributed by atoms with Crippen molar-refractivity contribution in [3.05, 3.63) is 21.9 Å². The average molecular weight is 252 g/mol. The van der Waals surface area contributed by atoms with Crippen LogP contribution in [0.2, 0.25) is 0 Å². The lowest BCUT2D eigenvalue weighted by molar-refractivity contribution is 0.0740. The molecule has 1 aliphatic rings. The Bertz CT molecular complexity index is 400. The number of carbonyl (C=O) groups excluding carboxylic acids is 1. The normalized spacial score (nSPS) is 17.2. The molecule has 0 radical (unpaired) electrons. The van der Waals surface area contributed by atoms with Crippen molar-refractivity contribution in [1.82, 2.24) is 10.2 Å². The molecule has 1 aliphatic heterocycles. The summed E-state index contributed by atoms with van der Waals surface area (Å²) in [7, 11) is 0. The molecule has 2 heterocycles. The Kier molecular flexibility index (Phi) is 3.54. The Balaban J connectivity index is 2.11. The van der Waals surface area contributed by atoms with Crippen molar-refractivity contribution >= 4 is 17.2 Å². The van der Waals surface area contributed by atoms with Crippen LogP contribution in [0.15, 0.2) is 11.4 Å². The van der Waals surface area contributed by atoms with Crippen molar-refractivity contribution in [2.75, 3.05) is 26.2 Å². The molecule has 17 heavy (non-hydrogen) atoms. The Morgan fingerprint density at radius 1 is 1.35 bits per heavy atom. The Labute approximate surface area is 107 Å². The van der Waals surface area contributed by atoms with Gasteiger partial charge in [0.2, 0.25) is 0 Å². The van der Waals surface area contributed by atoms with E-state index in [9.17, 15) is 4.79 Å². The van der Waals surface area contributed by atoms with E-state index in [1.54, 1.807) is 11.3 Å². The molecule has 1 aromatic rings. The van der Waals surface area contributed by atoms with E-state index in [0.29, 0.717) is 0 Å². The van der Waals surface area contributed by atoms with Crippen molar-refractivity contribution in [3.63, 3.8) is 0 Å². The van der Waals surface area contributed by atoms with Crippen LogP contribution in [0.5, 0.6) is 0 Å². The molecular formula is C13H20N2OS. The zero-order chi connectivity index (χ0) is 12.5. The predicted molar refractivity (Wildman–Crippen MR) is 71.8 cm³/mol. The minimum absolute atomic E-state index is 0.123. The highest BCUT2D eigenvalue weighted by Crippen LogP contribution is 2.27. The number of hydrogen-bond acceptors (Lipinski definition) is 3. The van der Waals surface area contributed by atoms with Gasteiger partial charge in [0.1, 0.15) is 0 Å². The van der Waals surface area contributed by atoms with Crippen LogP contribution in [-0.4, -0.2) is 37.0 Å². The summed E-state index contributed by atoms with van der Waals surface area (Å²) in [4.78, 5) is 15.1. The third-order valence-electron chi connectivity index (χ3n) is 3.08. The maximum Gasteiger partial charge on any atom is 0.264 e. The van der Waals surface area contributed by atoms with Gasteiger partial charge in [-0.15, -0.1) is 11.3 Å². The highest BCUT2D eigenvalue weighted by Gasteiger charge is 2.22. The van der Waals surface area contributed by atoms with E-state index < -0.39 is 0 Å². The topological polar surface area (TPSA) is 32.3 Å². The summed E-state index contributed by atoms with van der Waals surface area (Å²) >= 11 is 1.57. The van der Waals surface area contributed by atoms with E-state index in [4.69, 9.17) is 0 Å². The second kappa shape index (κ2) is 4.78. The highest BCUT2D eigenvalue weighted by molar-refractivity contribution is 7.12. The van der Waals surface area contributed by atoms with Crippen molar-refractivity contribution in [1.29, 1.82) is 0 Å². The first-order valence-corrected chi connectivity index (χ1v) is 6.95. The lowest BCUT2D eigenvalue weighted by Crippen LogP contribution is -2.46. The molecule has 0 atom stereocenters. The Morgan fingerprint density at radius 2 is 2.00 bits per heavy atom. The molecule has 0 spiro atoms. The molecular weight excluding hydrogens is 232 g/mol. The van der Waals surface area contributed by atoms with E-state index >= 15 is 0 Å². The van der Waals surface area contributed by atoms with Gasteiger partial charge in [-0.25, -0.2) is 0 Å². The van der Waals surface area contributed by atoms with E-state index in [1.807, 2.05) is 4.90 Å². The summed E-state index contributed by atoms with van der Waals surface area (Å²) in [6, 6.07) is 2.05. The number of nitrogens with one attached hydrogen (secondary N) is 1. The van der Waals surface area contributed by atoms with Gasteiger partial charge in [0.15, 0.2) is 0 Å². The van der Waals surface area contributed by atoms with Gasteiger partial charge in [-0.2, -0.15) is 0 Å². The Morgan fingerprint density at radius 3 is 2.53 bits per heavy atom. The number of amides is 1. The van der Waals surface area contributed by atoms with Crippen LogP contribution in [0.4, 0.5) is 0 Å². The predicted octanol–water partition coefficient (Wildman–Crippen LogP) is 2.09. The molecule has 0 unspecified atom stereocenters. The molecule has 1 amide bonds. The third-order valence-corrected chi connectivity index (χ3v) is 4.00. The molecule has 0 bridgehead atoms. The summed E-state index contributed by atoms with van der Waals surface area (Å²) in [5, 5.41) is 5.37. The van der Waals surface area contributed by atoms with Crippen LogP contribution >= 0.6 is 11.3 Å². The van der Waals surface area contributed by atoms with E-state index in [-0.39, 0.29) is 11.3 Å². The number of thiophene rings is 1. The van der Waals surface area contributed by atoms with Gasteiger partial charge >= 0.3 is 0 Å². The quantitative estimate of drug-likeness (QED) is 0.830. The molecule has 1 aromatic heterocycles. The lowest BCUT2D eigenvalue weighted by atomic mass is 9.89. The van der Waals surface area contributed by atoms with Gasteiger partial charge < -0.3 is 10.2 Å². The first-order valence-electron chi connectivity index (χ1n) is 6.07. The molecule has 1 N–H and O–H groups in total. The summed E-state index contributed by atoms with van der Waals surface area (Å²) in [6.45, 7) is 9.98. The van der Waals surface area contributed by atoms with Crippen LogP contribution in [0.25, 0.3) is 0 Å². The fourth-order valence-corrected chi connectivity index (χ4v) is 2.97. The second-order valence-corrected chi connectivity index (χ2v) is 6.40. The number of rotatable bonds is 1. The van der Waals surface area contributed by atoms with Crippen LogP contribution in [0.3, 0.4) is 0 Å². The van der Waals surface area contributed by atoms with Crippen LogP contribution in [-0.2, 0) is 5.41 Å². The number of carbonyl (C=O) groups is 1. The first kappa shape index (κ1) is 12.6. The maximum absolute atomic E-state index is 12.2. The van der Waals surface area contributed by atoms with Gasteiger partial charge in [-0.1, -0.05) is 20.8 Å². The molecule has 94 valence electrons. The van der Waals surface area contributed by atoms with Crippen molar-refractivity contribution in [3.8, 4) is 0 Å². The summed E-state index contributed by atoms with van der Waals surface area (Å²) in [6.07, 6.45) is 0. The van der Waals surface area contributed by atoms with Gasteiger partial charge in [-0.3, -0.25) is 4.79 Å². The fraction of sp³-hybridized carbons (Fsp3) is 0.615. The zero-order valence-corrected chi connectivity index (χ0v) is 11.6. The first-order chi connectivity index (χ1) is 7.98. The SMILES string of the molecule is CC(C)(C)c1csc(C(=O)N2CCNCC2)c1. The van der Waals surface area contributed by atoms with Crippen LogP contribution < -0.4 is 5.32 Å². The number of hydrogen-bond donors (Lipinski definition) is 1. The van der Waals surface area contributed by atoms with E-state index in [0.717, 1.165) is 31.1 Å². The molecule has 4 heteroatoms. The monoisotopic (exact) mass is 252 g/mol. The molecule has 0 aliphatic carbocycles. The average Bonchev–Trinajstić information content (AvgIpc) is 2.78. The van der Waals surface area contributed by atoms with Crippen molar-refractivity contribution < 1.29 is 4.79 Å². The van der Waals surface area contributed by atoms with E-state index in [2.05, 4.69) is 37.5 Å². The van der Waals surface area contributed by atoms with E-state index in [1.165, 1.54) is 5.56 Å². The minimum atomic E-state index is 0.123. The summed E-state index contributed by atoms with van der Waals surface area (Å²) in [5.74, 6) is 0.187. The van der Waals surface area contributed by atoms with Crippen molar-refractivity contribution in [2.24, 2.45) is 0 Å². The maximum atomic E-state index is 12.2. The van der Waals surface area contributed by atoms with Gasteiger partial charge in [0, 0.05) is 26.2 Å². The number of nitrogens with zero attached hydrogens (tertiary/aromatic N) is 1.